The molecular weight excluding hydrogens is 370 g/mol. The summed E-state index contributed by atoms with van der Waals surface area (Å²) >= 11 is 9.30. The number of amides is 1. The van der Waals surface area contributed by atoms with Crippen LogP contribution in [-0.4, -0.2) is 19.1 Å². The van der Waals surface area contributed by atoms with E-state index in [1.54, 1.807) is 44.4 Å². The molecule has 6 heteroatoms. The van der Waals surface area contributed by atoms with Crippen molar-refractivity contribution < 1.29 is 14.3 Å². The molecule has 1 atom stereocenters. The molecule has 0 radical (unpaired) electrons. The quantitative estimate of drug-likeness (QED) is 0.824. The molecule has 0 aliphatic rings. The van der Waals surface area contributed by atoms with Crippen LogP contribution in [0.3, 0.4) is 0 Å². The molecule has 4 nitrogen and oxygen atoms in total. The number of ether oxygens (including phenoxy) is 2. The molecule has 0 saturated carbocycles. The first-order chi connectivity index (χ1) is 10.5. The number of hydrogen-bond donors (Lipinski definition) is 1. The highest BCUT2D eigenvalue weighted by molar-refractivity contribution is 9.10. The minimum Gasteiger partial charge on any atom is -0.493 e. The summed E-state index contributed by atoms with van der Waals surface area (Å²) in [6.07, 6.45) is -0.682. The number of halogens is 2. The molecule has 1 N–H and O–H groups in total. The Hall–Kier alpha value is -1.72. The van der Waals surface area contributed by atoms with Crippen molar-refractivity contribution in [1.29, 1.82) is 0 Å². The van der Waals surface area contributed by atoms with Gasteiger partial charge in [-0.2, -0.15) is 0 Å². The molecule has 0 heterocycles. The van der Waals surface area contributed by atoms with Gasteiger partial charge >= 0.3 is 0 Å². The fraction of sp³-hybridized carbons (Fsp3) is 0.188. The molecular formula is C16H15BrClNO3. The summed E-state index contributed by atoms with van der Waals surface area (Å²) in [4.78, 5) is 12.2. The Morgan fingerprint density at radius 2 is 1.91 bits per heavy atom. The van der Waals surface area contributed by atoms with E-state index in [9.17, 15) is 4.79 Å². The third-order valence-corrected chi connectivity index (χ3v) is 4.16. The van der Waals surface area contributed by atoms with E-state index in [0.717, 1.165) is 4.47 Å². The lowest BCUT2D eigenvalue weighted by Gasteiger charge is -2.16. The van der Waals surface area contributed by atoms with Crippen molar-refractivity contribution in [2.45, 2.75) is 13.0 Å². The zero-order chi connectivity index (χ0) is 16.1. The van der Waals surface area contributed by atoms with Gasteiger partial charge in [-0.25, -0.2) is 0 Å². The van der Waals surface area contributed by atoms with E-state index in [1.807, 2.05) is 12.1 Å². The van der Waals surface area contributed by atoms with Gasteiger partial charge in [0.25, 0.3) is 5.91 Å². The fourth-order valence-electron chi connectivity index (χ4n) is 1.78. The average molecular weight is 385 g/mol. The highest BCUT2D eigenvalue weighted by Crippen LogP contribution is 2.28. The second-order valence-electron chi connectivity index (χ2n) is 4.53. The van der Waals surface area contributed by atoms with Gasteiger partial charge in [0, 0.05) is 10.2 Å². The molecule has 116 valence electrons. The molecule has 2 aromatic carbocycles. The molecule has 0 unspecified atom stereocenters. The van der Waals surface area contributed by atoms with Crippen molar-refractivity contribution in [3.8, 4) is 11.5 Å². The van der Waals surface area contributed by atoms with Crippen LogP contribution in [0.15, 0.2) is 46.9 Å². The monoisotopic (exact) mass is 383 g/mol. The van der Waals surface area contributed by atoms with E-state index in [1.165, 1.54) is 0 Å². The van der Waals surface area contributed by atoms with Crippen LogP contribution in [0, 0.1) is 0 Å². The van der Waals surface area contributed by atoms with Gasteiger partial charge in [0.05, 0.1) is 12.1 Å². The number of benzene rings is 2. The first-order valence-corrected chi connectivity index (χ1v) is 7.74. The summed E-state index contributed by atoms with van der Waals surface area (Å²) in [5, 5.41) is 3.28. The van der Waals surface area contributed by atoms with Crippen LogP contribution in [0.2, 0.25) is 5.02 Å². The molecule has 2 aromatic rings. The lowest BCUT2D eigenvalue weighted by molar-refractivity contribution is -0.122. The van der Waals surface area contributed by atoms with Gasteiger partial charge in [-0.15, -0.1) is 0 Å². The topological polar surface area (TPSA) is 47.6 Å². The van der Waals surface area contributed by atoms with E-state index < -0.39 is 6.10 Å². The minimum absolute atomic E-state index is 0.274. The van der Waals surface area contributed by atoms with Crippen molar-refractivity contribution in [2.24, 2.45) is 0 Å². The maximum atomic E-state index is 12.2. The van der Waals surface area contributed by atoms with Crippen LogP contribution < -0.4 is 14.8 Å². The lowest BCUT2D eigenvalue weighted by atomic mass is 10.3. The van der Waals surface area contributed by atoms with E-state index in [2.05, 4.69) is 21.2 Å². The predicted molar refractivity (Wildman–Crippen MR) is 90.9 cm³/mol. The number of para-hydroxylation sites is 2. The number of rotatable bonds is 5. The van der Waals surface area contributed by atoms with Gasteiger partial charge in [-0.05, 0) is 53.2 Å². The van der Waals surface area contributed by atoms with Crippen LogP contribution in [-0.2, 0) is 4.79 Å². The number of nitrogens with one attached hydrogen (secondary N) is 1. The highest BCUT2D eigenvalue weighted by atomic mass is 79.9. The Morgan fingerprint density at radius 1 is 1.23 bits per heavy atom. The molecule has 0 aliphatic carbocycles. The number of methoxy groups -OCH3 is 1. The third-order valence-electron chi connectivity index (χ3n) is 2.93. The Bertz CT molecular complexity index is 678. The largest absolute Gasteiger partial charge is 0.493 e. The summed E-state index contributed by atoms with van der Waals surface area (Å²) in [7, 11) is 1.55. The minimum atomic E-state index is -0.682. The smallest absolute Gasteiger partial charge is 0.265 e. The summed E-state index contributed by atoms with van der Waals surface area (Å²) in [5.41, 5.74) is 0.605. The highest BCUT2D eigenvalue weighted by Gasteiger charge is 2.17. The standard InChI is InChI=1S/C16H15BrClNO3/c1-10(22-15-6-4-3-5-14(15)21-2)16(20)19-11-7-8-12(17)13(18)9-11/h3-10H,1-2H3,(H,19,20)/t10-/m1/s1. The van der Waals surface area contributed by atoms with E-state index in [4.69, 9.17) is 21.1 Å². The maximum absolute atomic E-state index is 12.2. The van der Waals surface area contributed by atoms with E-state index in [-0.39, 0.29) is 5.91 Å². The normalized spacial score (nSPS) is 11.6. The first kappa shape index (κ1) is 16.6. The number of carbonyl (C=O) groups is 1. The van der Waals surface area contributed by atoms with Crippen LogP contribution in [0.4, 0.5) is 5.69 Å². The van der Waals surface area contributed by atoms with Crippen LogP contribution >= 0.6 is 27.5 Å². The van der Waals surface area contributed by atoms with Gasteiger partial charge in [-0.1, -0.05) is 23.7 Å². The van der Waals surface area contributed by atoms with E-state index >= 15 is 0 Å². The van der Waals surface area contributed by atoms with Crippen molar-refractivity contribution in [3.63, 3.8) is 0 Å². The Balaban J connectivity index is 2.04. The van der Waals surface area contributed by atoms with E-state index in [0.29, 0.717) is 22.2 Å². The Kier molecular flexibility index (Phi) is 5.69. The van der Waals surface area contributed by atoms with Crippen molar-refractivity contribution in [3.05, 3.63) is 52.0 Å². The zero-order valence-corrected chi connectivity index (χ0v) is 14.4. The summed E-state index contributed by atoms with van der Waals surface area (Å²) in [6.45, 7) is 1.67. The summed E-state index contributed by atoms with van der Waals surface area (Å²) in [6, 6.07) is 12.4. The average Bonchev–Trinajstić information content (AvgIpc) is 2.51. The molecule has 22 heavy (non-hydrogen) atoms. The fourth-order valence-corrected chi connectivity index (χ4v) is 2.21. The molecule has 0 fully saturated rings. The summed E-state index contributed by atoms with van der Waals surface area (Å²) in [5.74, 6) is 0.819. The second-order valence-corrected chi connectivity index (χ2v) is 5.79. The molecule has 0 aromatic heterocycles. The lowest BCUT2D eigenvalue weighted by Crippen LogP contribution is -2.30. The maximum Gasteiger partial charge on any atom is 0.265 e. The predicted octanol–water partition coefficient (Wildman–Crippen LogP) is 4.52. The van der Waals surface area contributed by atoms with Gasteiger partial charge < -0.3 is 14.8 Å². The molecule has 0 aliphatic heterocycles. The van der Waals surface area contributed by atoms with Crippen LogP contribution in [0.1, 0.15) is 6.92 Å². The molecule has 0 saturated heterocycles. The van der Waals surface area contributed by atoms with Gasteiger partial charge in [0.2, 0.25) is 0 Å². The van der Waals surface area contributed by atoms with Gasteiger partial charge in [0.1, 0.15) is 0 Å². The second kappa shape index (κ2) is 7.51. The number of carbonyl (C=O) groups excluding carboxylic acids is 1. The van der Waals surface area contributed by atoms with Crippen molar-refractivity contribution >= 4 is 39.1 Å². The molecule has 1 amide bonds. The number of anilines is 1. The molecule has 2 rings (SSSR count). The molecule has 0 bridgehead atoms. The molecule has 0 spiro atoms. The first-order valence-electron chi connectivity index (χ1n) is 6.57. The van der Waals surface area contributed by atoms with Crippen LogP contribution in [0.5, 0.6) is 11.5 Å². The van der Waals surface area contributed by atoms with Crippen molar-refractivity contribution in [1.82, 2.24) is 0 Å². The SMILES string of the molecule is COc1ccccc1O[C@H](C)C(=O)Nc1ccc(Br)c(Cl)c1. The Morgan fingerprint density at radius 3 is 2.55 bits per heavy atom. The van der Waals surface area contributed by atoms with Crippen molar-refractivity contribution in [2.75, 3.05) is 12.4 Å². The van der Waals surface area contributed by atoms with Crippen LogP contribution in [0.25, 0.3) is 0 Å². The Labute approximate surface area is 142 Å². The summed E-state index contributed by atoms with van der Waals surface area (Å²) < 4.78 is 11.6. The third kappa shape index (κ3) is 4.15. The zero-order valence-electron chi connectivity index (χ0n) is 12.1. The van der Waals surface area contributed by atoms with Gasteiger partial charge in [0.15, 0.2) is 17.6 Å². The number of hydrogen-bond acceptors (Lipinski definition) is 3. The van der Waals surface area contributed by atoms with Gasteiger partial charge in [-0.3, -0.25) is 4.79 Å².